The van der Waals surface area contributed by atoms with Gasteiger partial charge in [0, 0.05) is 25.3 Å². The molecule has 0 aliphatic carbocycles. The lowest BCUT2D eigenvalue weighted by molar-refractivity contribution is -0.116. The number of pyridine rings is 1. The minimum Gasteiger partial charge on any atom is -0.439 e. The summed E-state index contributed by atoms with van der Waals surface area (Å²) in [5.74, 6) is 2.36. The number of benzene rings is 1. The third kappa shape index (κ3) is 5.64. The molecular formula is C20H22N4O3. The van der Waals surface area contributed by atoms with Crippen molar-refractivity contribution in [3.8, 4) is 11.6 Å². The number of hydrogen-bond donors (Lipinski definition) is 1. The van der Waals surface area contributed by atoms with Crippen molar-refractivity contribution in [2.24, 2.45) is 0 Å². The summed E-state index contributed by atoms with van der Waals surface area (Å²) >= 11 is 0. The van der Waals surface area contributed by atoms with E-state index in [9.17, 15) is 4.79 Å². The maximum Gasteiger partial charge on any atom is 0.226 e. The highest BCUT2D eigenvalue weighted by atomic mass is 16.5. The molecule has 3 rings (SSSR count). The summed E-state index contributed by atoms with van der Waals surface area (Å²) < 4.78 is 10.8. The van der Waals surface area contributed by atoms with Crippen LogP contribution in [0.1, 0.15) is 37.0 Å². The molecular weight excluding hydrogens is 344 g/mol. The molecule has 0 atom stereocenters. The number of anilines is 1. The number of aromatic nitrogens is 3. The van der Waals surface area contributed by atoms with Crippen molar-refractivity contribution < 1.29 is 14.1 Å². The maximum absolute atomic E-state index is 12.0. The number of rotatable bonds is 8. The predicted molar refractivity (Wildman–Crippen MR) is 101 cm³/mol. The van der Waals surface area contributed by atoms with Crippen LogP contribution in [-0.4, -0.2) is 21.0 Å². The quantitative estimate of drug-likeness (QED) is 0.646. The zero-order valence-electron chi connectivity index (χ0n) is 15.4. The number of hydrogen-bond acceptors (Lipinski definition) is 6. The van der Waals surface area contributed by atoms with Gasteiger partial charge in [-0.3, -0.25) is 4.79 Å². The number of carbonyl (C=O) groups is 1. The van der Waals surface area contributed by atoms with Crippen molar-refractivity contribution in [2.75, 3.05) is 5.32 Å². The third-order valence-electron chi connectivity index (χ3n) is 3.88. The number of nitrogens with zero attached hydrogens (tertiary/aromatic N) is 3. The van der Waals surface area contributed by atoms with Crippen LogP contribution in [0.5, 0.6) is 11.6 Å². The Balaban J connectivity index is 1.44. The van der Waals surface area contributed by atoms with Crippen LogP contribution in [-0.2, 0) is 17.6 Å². The van der Waals surface area contributed by atoms with Gasteiger partial charge < -0.3 is 14.6 Å². The molecule has 1 amide bonds. The van der Waals surface area contributed by atoms with E-state index in [0.717, 1.165) is 12.2 Å². The molecule has 0 saturated carbocycles. The largest absolute Gasteiger partial charge is 0.439 e. The van der Waals surface area contributed by atoms with E-state index in [2.05, 4.69) is 20.4 Å². The highest BCUT2D eigenvalue weighted by Crippen LogP contribution is 2.20. The van der Waals surface area contributed by atoms with Crippen LogP contribution < -0.4 is 10.1 Å². The first kappa shape index (κ1) is 18.6. The average Bonchev–Trinajstić information content (AvgIpc) is 3.13. The Bertz CT molecular complexity index is 873. The molecule has 0 bridgehead atoms. The van der Waals surface area contributed by atoms with Gasteiger partial charge in [0.15, 0.2) is 5.82 Å². The van der Waals surface area contributed by atoms with E-state index in [4.69, 9.17) is 9.26 Å². The third-order valence-corrected chi connectivity index (χ3v) is 3.88. The highest BCUT2D eigenvalue weighted by molar-refractivity contribution is 5.90. The van der Waals surface area contributed by atoms with Crippen molar-refractivity contribution in [3.63, 3.8) is 0 Å². The first-order valence-corrected chi connectivity index (χ1v) is 8.94. The van der Waals surface area contributed by atoms with E-state index in [1.807, 2.05) is 38.1 Å². The standard InChI is InChI=1S/C20H22N4O3/c1-3-17-23-20(27-24-17)6-4-5-18(25)22-15-9-12-19(21-13-15)26-16-10-7-14(2)8-11-16/h7-13H,3-6H2,1-2H3,(H,22,25). The molecule has 7 heteroatoms. The van der Waals surface area contributed by atoms with Gasteiger partial charge >= 0.3 is 0 Å². The average molecular weight is 366 g/mol. The molecule has 1 N–H and O–H groups in total. The molecule has 0 radical (unpaired) electrons. The van der Waals surface area contributed by atoms with Gasteiger partial charge in [0.1, 0.15) is 5.75 Å². The van der Waals surface area contributed by atoms with Crippen LogP contribution >= 0.6 is 0 Å². The molecule has 0 aliphatic heterocycles. The second-order valence-electron chi connectivity index (χ2n) is 6.16. The van der Waals surface area contributed by atoms with Gasteiger partial charge in [0.05, 0.1) is 11.9 Å². The van der Waals surface area contributed by atoms with Gasteiger partial charge in [0.2, 0.25) is 17.7 Å². The summed E-state index contributed by atoms with van der Waals surface area (Å²) in [6.45, 7) is 3.98. The lowest BCUT2D eigenvalue weighted by Gasteiger charge is -2.07. The summed E-state index contributed by atoms with van der Waals surface area (Å²) in [5.41, 5.74) is 1.79. The van der Waals surface area contributed by atoms with E-state index in [1.54, 1.807) is 18.3 Å². The first-order valence-electron chi connectivity index (χ1n) is 8.94. The first-order chi connectivity index (χ1) is 13.1. The molecule has 0 spiro atoms. The van der Waals surface area contributed by atoms with Gasteiger partial charge in [-0.05, 0) is 31.5 Å². The Kier molecular flexibility index (Phi) is 6.14. The second-order valence-corrected chi connectivity index (χ2v) is 6.16. The Morgan fingerprint density at radius 3 is 2.67 bits per heavy atom. The summed E-state index contributed by atoms with van der Waals surface area (Å²) in [4.78, 5) is 20.5. The normalized spacial score (nSPS) is 10.6. The summed E-state index contributed by atoms with van der Waals surface area (Å²) in [7, 11) is 0. The molecule has 3 aromatic rings. The highest BCUT2D eigenvalue weighted by Gasteiger charge is 2.08. The summed E-state index contributed by atoms with van der Waals surface area (Å²) in [6.07, 6.45) is 3.90. The van der Waals surface area contributed by atoms with Crippen molar-refractivity contribution in [1.82, 2.24) is 15.1 Å². The van der Waals surface area contributed by atoms with Crippen molar-refractivity contribution in [1.29, 1.82) is 0 Å². The summed E-state index contributed by atoms with van der Waals surface area (Å²) in [6, 6.07) is 11.2. The van der Waals surface area contributed by atoms with Gasteiger partial charge in [-0.15, -0.1) is 0 Å². The molecule has 0 unspecified atom stereocenters. The fraction of sp³-hybridized carbons (Fsp3) is 0.300. The molecule has 140 valence electrons. The van der Waals surface area contributed by atoms with Crippen molar-refractivity contribution in [3.05, 3.63) is 59.9 Å². The van der Waals surface area contributed by atoms with E-state index in [1.165, 1.54) is 5.56 Å². The zero-order valence-corrected chi connectivity index (χ0v) is 15.4. The number of amides is 1. The van der Waals surface area contributed by atoms with Crippen LogP contribution in [0.25, 0.3) is 0 Å². The van der Waals surface area contributed by atoms with Crippen molar-refractivity contribution >= 4 is 11.6 Å². The number of nitrogens with one attached hydrogen (secondary N) is 1. The predicted octanol–water partition coefficient (Wildman–Crippen LogP) is 4.09. The monoisotopic (exact) mass is 366 g/mol. The number of ether oxygens (including phenoxy) is 1. The molecule has 0 aliphatic rings. The van der Waals surface area contributed by atoms with Crippen LogP contribution in [0.3, 0.4) is 0 Å². The molecule has 27 heavy (non-hydrogen) atoms. The molecule has 0 fully saturated rings. The SMILES string of the molecule is CCc1noc(CCCC(=O)Nc2ccc(Oc3ccc(C)cc3)nc2)n1. The Morgan fingerprint density at radius 1 is 1.19 bits per heavy atom. The maximum atomic E-state index is 12.0. The topological polar surface area (TPSA) is 90.1 Å². The second kappa shape index (κ2) is 8.93. The number of aryl methyl sites for hydroxylation is 3. The van der Waals surface area contributed by atoms with Crippen LogP contribution in [0.15, 0.2) is 47.1 Å². The fourth-order valence-corrected chi connectivity index (χ4v) is 2.40. The molecule has 2 aromatic heterocycles. The summed E-state index contributed by atoms with van der Waals surface area (Å²) in [5, 5.41) is 6.66. The molecule has 1 aromatic carbocycles. The van der Waals surface area contributed by atoms with E-state index in [-0.39, 0.29) is 5.91 Å². The van der Waals surface area contributed by atoms with Gasteiger partial charge in [0.25, 0.3) is 0 Å². The van der Waals surface area contributed by atoms with Crippen LogP contribution in [0.2, 0.25) is 0 Å². The van der Waals surface area contributed by atoms with Gasteiger partial charge in [-0.1, -0.05) is 29.8 Å². The van der Waals surface area contributed by atoms with Gasteiger partial charge in [-0.25, -0.2) is 4.98 Å². The van der Waals surface area contributed by atoms with Crippen LogP contribution in [0, 0.1) is 6.92 Å². The van der Waals surface area contributed by atoms with Gasteiger partial charge in [-0.2, -0.15) is 4.98 Å². The lowest BCUT2D eigenvalue weighted by Crippen LogP contribution is -2.11. The van der Waals surface area contributed by atoms with Crippen LogP contribution in [0.4, 0.5) is 5.69 Å². The minimum atomic E-state index is -0.0840. The fourth-order valence-electron chi connectivity index (χ4n) is 2.40. The molecule has 0 saturated heterocycles. The Hall–Kier alpha value is -3.22. The smallest absolute Gasteiger partial charge is 0.226 e. The molecule has 7 nitrogen and oxygen atoms in total. The lowest BCUT2D eigenvalue weighted by atomic mass is 10.2. The van der Waals surface area contributed by atoms with E-state index >= 15 is 0 Å². The minimum absolute atomic E-state index is 0.0840. The van der Waals surface area contributed by atoms with Crippen molar-refractivity contribution in [2.45, 2.75) is 39.5 Å². The zero-order chi connectivity index (χ0) is 19.1. The van der Waals surface area contributed by atoms with E-state index < -0.39 is 0 Å². The van der Waals surface area contributed by atoms with E-state index in [0.29, 0.717) is 42.5 Å². The molecule has 2 heterocycles. The number of carbonyl (C=O) groups excluding carboxylic acids is 1. The Morgan fingerprint density at radius 2 is 2.00 bits per heavy atom. The Labute approximate surface area is 157 Å².